The molecule has 11 heteroatoms. The Hall–Kier alpha value is -1.01. The van der Waals surface area contributed by atoms with Crippen LogP contribution in [-0.4, -0.2) is 36.3 Å². The number of carbonyl (C=O) groups excluding carboxylic acids is 1. The lowest BCUT2D eigenvalue weighted by Crippen LogP contribution is -2.36. The molecule has 0 atom stereocenters. The van der Waals surface area contributed by atoms with Crippen molar-refractivity contribution < 1.29 is 13.2 Å². The topological polar surface area (TPSA) is 91.4 Å². The summed E-state index contributed by atoms with van der Waals surface area (Å²) in [6.07, 6.45) is 4.90. The maximum Gasteiger partial charge on any atom is 0.321 e. The summed E-state index contributed by atoms with van der Waals surface area (Å²) in [5.74, 6) is 0. The molecule has 0 unspecified atom stereocenters. The van der Waals surface area contributed by atoms with E-state index in [0.29, 0.717) is 22.3 Å². The SMILES string of the molecule is O=C(Nc1nc2c(s1)CN(S(=O)(=O)c1ccc(Br)s1)CC2)NC1CCCC1. The van der Waals surface area contributed by atoms with Crippen LogP contribution in [0.1, 0.15) is 36.3 Å². The van der Waals surface area contributed by atoms with Crippen molar-refractivity contribution in [1.29, 1.82) is 0 Å². The van der Waals surface area contributed by atoms with Crippen molar-refractivity contribution in [3.63, 3.8) is 0 Å². The van der Waals surface area contributed by atoms with E-state index in [1.165, 1.54) is 27.0 Å². The number of aromatic nitrogens is 1. The number of fused-ring (bicyclic) bond motifs is 1. The number of nitrogens with zero attached hydrogens (tertiary/aromatic N) is 2. The number of hydrogen-bond acceptors (Lipinski definition) is 6. The van der Waals surface area contributed by atoms with E-state index in [-0.39, 0.29) is 18.6 Å². The van der Waals surface area contributed by atoms with Crippen LogP contribution in [0.4, 0.5) is 9.93 Å². The molecule has 27 heavy (non-hydrogen) atoms. The minimum absolute atomic E-state index is 0.235. The third-order valence-corrected chi connectivity index (χ3v) is 9.68. The van der Waals surface area contributed by atoms with Gasteiger partial charge in [-0.3, -0.25) is 5.32 Å². The fourth-order valence-electron chi connectivity index (χ4n) is 3.38. The van der Waals surface area contributed by atoms with Crippen LogP contribution in [0.2, 0.25) is 0 Å². The van der Waals surface area contributed by atoms with Gasteiger partial charge in [-0.25, -0.2) is 18.2 Å². The third kappa shape index (κ3) is 4.21. The van der Waals surface area contributed by atoms with Gasteiger partial charge in [-0.15, -0.1) is 11.3 Å². The molecule has 7 nitrogen and oxygen atoms in total. The van der Waals surface area contributed by atoms with Gasteiger partial charge in [0.15, 0.2) is 5.13 Å². The summed E-state index contributed by atoms with van der Waals surface area (Å²) in [7, 11) is -3.51. The van der Waals surface area contributed by atoms with Crippen LogP contribution in [0.25, 0.3) is 0 Å². The van der Waals surface area contributed by atoms with E-state index in [1.807, 2.05) is 0 Å². The summed E-state index contributed by atoms with van der Waals surface area (Å²) in [6, 6.07) is 3.36. The van der Waals surface area contributed by atoms with Crippen molar-refractivity contribution in [2.75, 3.05) is 11.9 Å². The summed E-state index contributed by atoms with van der Waals surface area (Å²) in [5, 5.41) is 6.29. The Labute approximate surface area is 174 Å². The maximum atomic E-state index is 12.8. The second-order valence-electron chi connectivity index (χ2n) is 6.62. The van der Waals surface area contributed by atoms with Crippen LogP contribution in [0.3, 0.4) is 0 Å². The first-order valence-electron chi connectivity index (χ1n) is 8.73. The molecule has 0 bridgehead atoms. The quantitative estimate of drug-likeness (QED) is 0.681. The number of thiazole rings is 1. The minimum atomic E-state index is -3.51. The average Bonchev–Trinajstić information content (AvgIpc) is 3.34. The highest BCUT2D eigenvalue weighted by atomic mass is 79.9. The molecule has 2 aromatic heterocycles. The second-order valence-corrected chi connectivity index (χ2v) is 12.3. The first kappa shape index (κ1) is 19.3. The van der Waals surface area contributed by atoms with E-state index in [9.17, 15) is 13.2 Å². The smallest absolute Gasteiger partial charge is 0.321 e. The molecule has 1 aliphatic carbocycles. The van der Waals surface area contributed by atoms with Crippen molar-refractivity contribution in [3.05, 3.63) is 26.5 Å². The van der Waals surface area contributed by atoms with Crippen molar-refractivity contribution >= 4 is 59.8 Å². The van der Waals surface area contributed by atoms with E-state index < -0.39 is 10.0 Å². The highest BCUT2D eigenvalue weighted by Crippen LogP contribution is 2.34. The van der Waals surface area contributed by atoms with E-state index in [1.54, 1.807) is 12.1 Å². The van der Waals surface area contributed by atoms with Gasteiger partial charge >= 0.3 is 6.03 Å². The normalized spacial score (nSPS) is 18.4. The maximum absolute atomic E-state index is 12.8. The van der Waals surface area contributed by atoms with Crippen LogP contribution in [0.15, 0.2) is 20.1 Å². The van der Waals surface area contributed by atoms with Gasteiger partial charge in [0.1, 0.15) is 4.21 Å². The lowest BCUT2D eigenvalue weighted by molar-refractivity contribution is 0.248. The van der Waals surface area contributed by atoms with Crippen LogP contribution in [0.5, 0.6) is 0 Å². The Kier molecular flexibility index (Phi) is 5.57. The Balaban J connectivity index is 1.43. The lowest BCUT2D eigenvalue weighted by Gasteiger charge is -2.24. The zero-order chi connectivity index (χ0) is 19.0. The number of rotatable bonds is 4. The molecule has 1 aliphatic heterocycles. The summed E-state index contributed by atoms with van der Waals surface area (Å²) >= 11 is 5.87. The average molecular weight is 491 g/mol. The monoisotopic (exact) mass is 490 g/mol. The molecule has 4 rings (SSSR count). The fourth-order valence-corrected chi connectivity index (χ4v) is 8.06. The standard InChI is InChI=1S/C16H19BrN4O3S3/c17-13-5-6-14(26-13)27(23,24)21-8-7-11-12(9-21)25-16(19-11)20-15(22)18-10-3-1-2-4-10/h5-6,10H,1-4,7-9H2,(H2,18,19,20,22). The molecule has 0 aromatic carbocycles. The van der Waals surface area contributed by atoms with E-state index in [0.717, 1.165) is 40.0 Å². The van der Waals surface area contributed by atoms with Crippen molar-refractivity contribution in [3.8, 4) is 0 Å². The van der Waals surface area contributed by atoms with Crippen molar-refractivity contribution in [2.24, 2.45) is 0 Å². The van der Waals surface area contributed by atoms with Gasteiger partial charge in [0.2, 0.25) is 0 Å². The van der Waals surface area contributed by atoms with Gasteiger partial charge in [0, 0.05) is 23.9 Å². The Morgan fingerprint density at radius 1 is 1.26 bits per heavy atom. The molecule has 2 amide bonds. The van der Waals surface area contributed by atoms with Crippen LogP contribution < -0.4 is 10.6 Å². The number of urea groups is 1. The first-order chi connectivity index (χ1) is 12.9. The molecule has 0 radical (unpaired) electrons. The van der Waals surface area contributed by atoms with Crippen LogP contribution in [0, 0.1) is 0 Å². The zero-order valence-electron chi connectivity index (χ0n) is 14.4. The number of hydrogen-bond donors (Lipinski definition) is 2. The Bertz CT molecular complexity index is 950. The Morgan fingerprint density at radius 2 is 2.04 bits per heavy atom. The molecule has 0 saturated heterocycles. The van der Waals surface area contributed by atoms with Crippen molar-refractivity contribution in [2.45, 2.75) is 48.9 Å². The highest BCUT2D eigenvalue weighted by molar-refractivity contribution is 9.11. The van der Waals surface area contributed by atoms with Gasteiger partial charge in [0.25, 0.3) is 10.0 Å². The van der Waals surface area contributed by atoms with Crippen LogP contribution >= 0.6 is 38.6 Å². The number of thiophene rings is 1. The summed E-state index contributed by atoms with van der Waals surface area (Å²) in [5.41, 5.74) is 0.870. The number of anilines is 1. The molecule has 3 heterocycles. The highest BCUT2D eigenvalue weighted by Gasteiger charge is 2.31. The number of amides is 2. The summed E-state index contributed by atoms with van der Waals surface area (Å²) in [4.78, 5) is 17.5. The van der Waals surface area contributed by atoms with Gasteiger partial charge in [-0.1, -0.05) is 24.2 Å². The Morgan fingerprint density at radius 3 is 2.74 bits per heavy atom. The molecule has 1 saturated carbocycles. The second kappa shape index (κ2) is 7.78. The summed E-state index contributed by atoms with van der Waals surface area (Å²) in [6.45, 7) is 0.680. The van der Waals surface area contributed by atoms with Gasteiger partial charge in [-0.2, -0.15) is 4.31 Å². The molecular formula is C16H19BrN4O3S3. The number of carbonyl (C=O) groups is 1. The summed E-state index contributed by atoms with van der Waals surface area (Å²) < 4.78 is 28.2. The molecular weight excluding hydrogens is 472 g/mol. The molecule has 2 N–H and O–H groups in total. The van der Waals surface area contributed by atoms with E-state index in [2.05, 4.69) is 31.5 Å². The fraction of sp³-hybridized carbons (Fsp3) is 0.500. The molecule has 2 aromatic rings. The number of nitrogens with one attached hydrogen (secondary N) is 2. The van der Waals surface area contributed by atoms with E-state index in [4.69, 9.17) is 0 Å². The van der Waals surface area contributed by atoms with Crippen LogP contribution in [-0.2, 0) is 23.0 Å². The largest absolute Gasteiger partial charge is 0.335 e. The number of halogens is 1. The lowest BCUT2D eigenvalue weighted by atomic mass is 10.2. The van der Waals surface area contributed by atoms with E-state index >= 15 is 0 Å². The molecule has 2 aliphatic rings. The predicted octanol–water partition coefficient (Wildman–Crippen LogP) is 3.78. The third-order valence-electron chi connectivity index (χ3n) is 4.75. The number of sulfonamides is 1. The van der Waals surface area contributed by atoms with Gasteiger partial charge in [0.05, 0.1) is 16.0 Å². The molecule has 1 fully saturated rings. The predicted molar refractivity (Wildman–Crippen MR) is 110 cm³/mol. The molecule has 146 valence electrons. The first-order valence-corrected chi connectivity index (χ1v) is 12.6. The van der Waals surface area contributed by atoms with Gasteiger partial charge in [-0.05, 0) is 40.9 Å². The zero-order valence-corrected chi connectivity index (χ0v) is 18.4. The van der Waals surface area contributed by atoms with Crippen molar-refractivity contribution in [1.82, 2.24) is 14.6 Å². The minimum Gasteiger partial charge on any atom is -0.335 e. The van der Waals surface area contributed by atoms with Gasteiger partial charge < -0.3 is 5.32 Å². The molecule has 0 spiro atoms.